The van der Waals surface area contributed by atoms with Crippen LogP contribution in [0.1, 0.15) is 24.1 Å². The molecule has 3 heteroatoms. The summed E-state index contributed by atoms with van der Waals surface area (Å²) >= 11 is 0. The van der Waals surface area contributed by atoms with Gasteiger partial charge in [-0.25, -0.2) is 0 Å². The Kier molecular flexibility index (Phi) is 4.51. The van der Waals surface area contributed by atoms with E-state index >= 15 is 0 Å². The van der Waals surface area contributed by atoms with Gasteiger partial charge in [0.15, 0.2) is 0 Å². The number of rotatable bonds is 4. The molecular weight excluding hydrogens is 210 g/mol. The van der Waals surface area contributed by atoms with E-state index in [0.29, 0.717) is 0 Å². The van der Waals surface area contributed by atoms with Crippen LogP contribution in [0.5, 0.6) is 0 Å². The van der Waals surface area contributed by atoms with Crippen LogP contribution >= 0.6 is 0 Å². The molecule has 0 amide bonds. The van der Waals surface area contributed by atoms with Gasteiger partial charge in [-0.2, -0.15) is 0 Å². The fourth-order valence-corrected chi connectivity index (χ4v) is 2.68. The molecular formula is C14H23N3. The first-order valence-electron chi connectivity index (χ1n) is 6.57. The standard InChI is InChI=1S/C14H23N3/c1-12-14(6-3-7-16-12)11-17-8-4-5-13(10-17)9-15-2/h3,6-7,13,15H,4-5,8-11H2,1-2H3. The second kappa shape index (κ2) is 6.12. The summed E-state index contributed by atoms with van der Waals surface area (Å²) in [6.07, 6.45) is 4.56. The zero-order valence-electron chi connectivity index (χ0n) is 10.9. The lowest BCUT2D eigenvalue weighted by atomic mass is 9.97. The van der Waals surface area contributed by atoms with Gasteiger partial charge in [-0.05, 0) is 57.5 Å². The minimum absolute atomic E-state index is 0.811. The molecule has 3 nitrogen and oxygen atoms in total. The summed E-state index contributed by atoms with van der Waals surface area (Å²) in [6, 6.07) is 4.24. The molecule has 0 saturated carbocycles. The maximum absolute atomic E-state index is 4.36. The molecule has 1 aliphatic heterocycles. The number of pyridine rings is 1. The van der Waals surface area contributed by atoms with Crippen molar-refractivity contribution in [1.29, 1.82) is 0 Å². The van der Waals surface area contributed by atoms with Gasteiger partial charge in [0.2, 0.25) is 0 Å². The predicted molar refractivity (Wildman–Crippen MR) is 70.9 cm³/mol. The summed E-state index contributed by atoms with van der Waals surface area (Å²) in [6.45, 7) is 6.75. The lowest BCUT2D eigenvalue weighted by Gasteiger charge is -2.32. The number of aromatic nitrogens is 1. The summed E-state index contributed by atoms with van der Waals surface area (Å²) in [4.78, 5) is 6.93. The van der Waals surface area contributed by atoms with Crippen molar-refractivity contribution in [3.8, 4) is 0 Å². The van der Waals surface area contributed by atoms with E-state index in [0.717, 1.165) is 19.0 Å². The van der Waals surface area contributed by atoms with Crippen molar-refractivity contribution in [3.05, 3.63) is 29.6 Å². The highest BCUT2D eigenvalue weighted by atomic mass is 15.1. The minimum Gasteiger partial charge on any atom is -0.319 e. The minimum atomic E-state index is 0.811. The number of hydrogen-bond donors (Lipinski definition) is 1. The number of hydrogen-bond acceptors (Lipinski definition) is 3. The van der Waals surface area contributed by atoms with Gasteiger partial charge in [-0.15, -0.1) is 0 Å². The van der Waals surface area contributed by atoms with E-state index in [2.05, 4.69) is 28.2 Å². The summed E-state index contributed by atoms with van der Waals surface area (Å²) < 4.78 is 0. The van der Waals surface area contributed by atoms with Crippen LogP contribution in [0, 0.1) is 12.8 Å². The van der Waals surface area contributed by atoms with Crippen LogP contribution in [-0.4, -0.2) is 36.6 Å². The largest absolute Gasteiger partial charge is 0.319 e. The van der Waals surface area contributed by atoms with Crippen molar-refractivity contribution < 1.29 is 0 Å². The summed E-state index contributed by atoms with van der Waals surface area (Å²) in [5.74, 6) is 0.811. The Morgan fingerprint density at radius 3 is 3.18 bits per heavy atom. The molecule has 17 heavy (non-hydrogen) atoms. The quantitative estimate of drug-likeness (QED) is 0.860. The topological polar surface area (TPSA) is 28.2 Å². The average molecular weight is 233 g/mol. The Morgan fingerprint density at radius 1 is 1.53 bits per heavy atom. The highest BCUT2D eigenvalue weighted by molar-refractivity contribution is 5.18. The highest BCUT2D eigenvalue weighted by Crippen LogP contribution is 2.18. The molecule has 1 aliphatic rings. The normalized spacial score (nSPS) is 21.6. The first-order valence-corrected chi connectivity index (χ1v) is 6.57. The van der Waals surface area contributed by atoms with Crippen LogP contribution in [-0.2, 0) is 6.54 Å². The van der Waals surface area contributed by atoms with E-state index in [4.69, 9.17) is 0 Å². The monoisotopic (exact) mass is 233 g/mol. The van der Waals surface area contributed by atoms with Crippen molar-refractivity contribution >= 4 is 0 Å². The molecule has 0 aromatic carbocycles. The van der Waals surface area contributed by atoms with Crippen molar-refractivity contribution in [3.63, 3.8) is 0 Å². The van der Waals surface area contributed by atoms with E-state index in [-0.39, 0.29) is 0 Å². The molecule has 0 spiro atoms. The maximum Gasteiger partial charge on any atom is 0.0417 e. The molecule has 1 fully saturated rings. The molecule has 1 saturated heterocycles. The third-order valence-corrected chi connectivity index (χ3v) is 3.61. The van der Waals surface area contributed by atoms with Gasteiger partial charge < -0.3 is 5.32 Å². The first-order chi connectivity index (χ1) is 8.29. The van der Waals surface area contributed by atoms with Crippen molar-refractivity contribution in [1.82, 2.24) is 15.2 Å². The van der Waals surface area contributed by atoms with E-state index < -0.39 is 0 Å². The highest BCUT2D eigenvalue weighted by Gasteiger charge is 2.19. The molecule has 1 atom stereocenters. The van der Waals surface area contributed by atoms with Gasteiger partial charge in [0.25, 0.3) is 0 Å². The number of nitrogens with zero attached hydrogens (tertiary/aromatic N) is 2. The van der Waals surface area contributed by atoms with Crippen molar-refractivity contribution in [2.45, 2.75) is 26.3 Å². The maximum atomic E-state index is 4.36. The van der Waals surface area contributed by atoms with Gasteiger partial charge in [0, 0.05) is 25.0 Å². The molecule has 2 heterocycles. The number of aryl methyl sites for hydroxylation is 1. The van der Waals surface area contributed by atoms with Crippen LogP contribution in [0.4, 0.5) is 0 Å². The van der Waals surface area contributed by atoms with Crippen LogP contribution in [0.15, 0.2) is 18.3 Å². The Hall–Kier alpha value is -0.930. The summed E-state index contributed by atoms with van der Waals surface area (Å²) in [5, 5.41) is 3.29. The molecule has 1 aromatic heterocycles. The van der Waals surface area contributed by atoms with Gasteiger partial charge in [0.05, 0.1) is 0 Å². The van der Waals surface area contributed by atoms with Crippen LogP contribution in [0.3, 0.4) is 0 Å². The second-order valence-corrected chi connectivity index (χ2v) is 5.05. The average Bonchev–Trinajstić information content (AvgIpc) is 2.33. The van der Waals surface area contributed by atoms with Gasteiger partial charge >= 0.3 is 0 Å². The number of piperidine rings is 1. The Balaban J connectivity index is 1.92. The molecule has 1 N–H and O–H groups in total. The van der Waals surface area contributed by atoms with Crippen LogP contribution in [0.25, 0.3) is 0 Å². The third kappa shape index (κ3) is 3.51. The van der Waals surface area contributed by atoms with Gasteiger partial charge in [-0.3, -0.25) is 9.88 Å². The molecule has 94 valence electrons. The molecule has 2 rings (SSSR count). The van der Waals surface area contributed by atoms with Crippen molar-refractivity contribution in [2.75, 3.05) is 26.7 Å². The van der Waals surface area contributed by atoms with E-state index in [1.165, 1.54) is 37.2 Å². The zero-order chi connectivity index (χ0) is 12.1. The lowest BCUT2D eigenvalue weighted by molar-refractivity contribution is 0.166. The molecule has 0 bridgehead atoms. The summed E-state index contributed by atoms with van der Waals surface area (Å²) in [5.41, 5.74) is 2.54. The third-order valence-electron chi connectivity index (χ3n) is 3.61. The second-order valence-electron chi connectivity index (χ2n) is 5.05. The molecule has 1 unspecified atom stereocenters. The fourth-order valence-electron chi connectivity index (χ4n) is 2.68. The summed E-state index contributed by atoms with van der Waals surface area (Å²) in [7, 11) is 2.05. The Morgan fingerprint density at radius 2 is 2.41 bits per heavy atom. The first kappa shape index (κ1) is 12.5. The zero-order valence-corrected chi connectivity index (χ0v) is 10.9. The smallest absolute Gasteiger partial charge is 0.0417 e. The fraction of sp³-hybridized carbons (Fsp3) is 0.643. The lowest BCUT2D eigenvalue weighted by Crippen LogP contribution is -2.38. The van der Waals surface area contributed by atoms with Crippen molar-refractivity contribution in [2.24, 2.45) is 5.92 Å². The van der Waals surface area contributed by atoms with E-state index in [1.807, 2.05) is 19.3 Å². The van der Waals surface area contributed by atoms with Gasteiger partial charge in [-0.1, -0.05) is 6.07 Å². The van der Waals surface area contributed by atoms with Crippen LogP contribution < -0.4 is 5.32 Å². The molecule has 0 aliphatic carbocycles. The Labute approximate surface area is 104 Å². The number of likely N-dealkylation sites (tertiary alicyclic amines) is 1. The SMILES string of the molecule is CNCC1CCCN(Cc2cccnc2C)C1. The molecule has 1 aromatic rings. The van der Waals surface area contributed by atoms with Gasteiger partial charge in [0.1, 0.15) is 0 Å². The predicted octanol–water partition coefficient (Wildman–Crippen LogP) is 1.82. The van der Waals surface area contributed by atoms with E-state index in [1.54, 1.807) is 0 Å². The Bertz CT molecular complexity index is 349. The van der Waals surface area contributed by atoms with E-state index in [9.17, 15) is 0 Å². The number of nitrogens with one attached hydrogen (secondary N) is 1. The molecule has 0 radical (unpaired) electrons. The van der Waals surface area contributed by atoms with Crippen LogP contribution in [0.2, 0.25) is 0 Å².